The zero-order chi connectivity index (χ0) is 18.1. The van der Waals surface area contributed by atoms with Crippen LogP contribution in [0.15, 0.2) is 71.3 Å². The fraction of sp³-hybridized carbons (Fsp3) is 0.261. The van der Waals surface area contributed by atoms with Crippen molar-refractivity contribution in [3.05, 3.63) is 94.9 Å². The Morgan fingerprint density at radius 3 is 2.23 bits per heavy atom. The number of carbonyl (C=O) groups excluding carboxylic acids is 1. The average Bonchev–Trinajstić information content (AvgIpc) is 3.19. The predicted molar refractivity (Wildman–Crippen MR) is 102 cm³/mol. The molecular formula is C23H23NO2. The van der Waals surface area contributed by atoms with Crippen LogP contribution in [0.2, 0.25) is 0 Å². The van der Waals surface area contributed by atoms with Gasteiger partial charge in [0.1, 0.15) is 5.76 Å². The quantitative estimate of drug-likeness (QED) is 0.739. The van der Waals surface area contributed by atoms with Gasteiger partial charge in [-0.1, -0.05) is 59.7 Å². The van der Waals surface area contributed by atoms with E-state index in [1.807, 2.05) is 12.1 Å². The third-order valence-corrected chi connectivity index (χ3v) is 5.36. The highest BCUT2D eigenvalue weighted by Crippen LogP contribution is 2.59. The maximum Gasteiger partial charge on any atom is 0.224 e. The van der Waals surface area contributed by atoms with Crippen molar-refractivity contribution >= 4 is 5.91 Å². The van der Waals surface area contributed by atoms with E-state index in [1.54, 1.807) is 6.26 Å². The Bertz CT molecular complexity index is 881. The van der Waals surface area contributed by atoms with Gasteiger partial charge in [-0.15, -0.1) is 0 Å². The van der Waals surface area contributed by atoms with E-state index in [-0.39, 0.29) is 17.2 Å². The van der Waals surface area contributed by atoms with Gasteiger partial charge in [-0.25, -0.2) is 0 Å². The van der Waals surface area contributed by atoms with Crippen LogP contribution in [-0.2, 0) is 16.8 Å². The summed E-state index contributed by atoms with van der Waals surface area (Å²) in [6, 6.07) is 20.8. The summed E-state index contributed by atoms with van der Waals surface area (Å²) in [4.78, 5) is 12.9. The van der Waals surface area contributed by atoms with Crippen molar-refractivity contribution in [2.75, 3.05) is 0 Å². The predicted octanol–water partition coefficient (Wildman–Crippen LogP) is 4.52. The Kier molecular flexibility index (Phi) is 4.15. The Morgan fingerprint density at radius 2 is 1.69 bits per heavy atom. The smallest absolute Gasteiger partial charge is 0.224 e. The van der Waals surface area contributed by atoms with Crippen molar-refractivity contribution in [3.63, 3.8) is 0 Å². The zero-order valence-electron chi connectivity index (χ0n) is 15.2. The maximum absolute atomic E-state index is 12.9. The first-order valence-corrected chi connectivity index (χ1v) is 9.04. The summed E-state index contributed by atoms with van der Waals surface area (Å²) in [5, 5.41) is 3.04. The maximum atomic E-state index is 12.9. The van der Waals surface area contributed by atoms with Gasteiger partial charge in [-0.05, 0) is 43.5 Å². The molecule has 0 aliphatic heterocycles. The molecule has 1 aliphatic carbocycles. The van der Waals surface area contributed by atoms with Crippen LogP contribution < -0.4 is 5.32 Å². The highest BCUT2D eigenvalue weighted by molar-refractivity contribution is 5.86. The van der Waals surface area contributed by atoms with E-state index in [9.17, 15) is 4.79 Å². The first-order valence-electron chi connectivity index (χ1n) is 9.04. The van der Waals surface area contributed by atoms with E-state index >= 15 is 0 Å². The molecule has 1 aromatic heterocycles. The molecule has 0 bridgehead atoms. The molecule has 0 saturated heterocycles. The summed E-state index contributed by atoms with van der Waals surface area (Å²) in [5.41, 5.74) is 4.65. The number of nitrogens with one attached hydrogen (secondary N) is 1. The van der Waals surface area contributed by atoms with Crippen molar-refractivity contribution in [2.45, 2.75) is 32.2 Å². The number of benzene rings is 2. The minimum atomic E-state index is -0.231. The lowest BCUT2D eigenvalue weighted by Crippen LogP contribution is -2.28. The number of hydrogen-bond acceptors (Lipinski definition) is 2. The van der Waals surface area contributed by atoms with Crippen LogP contribution in [0.1, 0.15) is 34.4 Å². The number of amides is 1. The Morgan fingerprint density at radius 1 is 1.04 bits per heavy atom. The lowest BCUT2D eigenvalue weighted by atomic mass is 9.84. The van der Waals surface area contributed by atoms with Crippen molar-refractivity contribution in [2.24, 2.45) is 5.92 Å². The molecular weight excluding hydrogens is 322 g/mol. The van der Waals surface area contributed by atoms with Gasteiger partial charge in [0.25, 0.3) is 0 Å². The molecule has 0 unspecified atom stereocenters. The normalized spacial score (nSPS) is 17.7. The second-order valence-electron chi connectivity index (χ2n) is 7.26. The van der Waals surface area contributed by atoms with Crippen molar-refractivity contribution < 1.29 is 9.21 Å². The molecule has 1 heterocycles. The van der Waals surface area contributed by atoms with Crippen LogP contribution in [0.3, 0.4) is 0 Å². The molecule has 2 aromatic carbocycles. The monoisotopic (exact) mass is 345 g/mol. The summed E-state index contributed by atoms with van der Waals surface area (Å²) >= 11 is 0. The molecule has 3 nitrogen and oxygen atoms in total. The standard InChI is InChI=1S/C23H23NO2/c1-16-6-3-8-18(12-16)23(19-9-4-7-17(2)13-19)14-21(23)22(25)24-15-20-10-5-11-26-20/h3-13,21H,14-15H2,1-2H3,(H,24,25)/t21-/m0/s1. The largest absolute Gasteiger partial charge is 0.467 e. The van der Waals surface area contributed by atoms with Gasteiger partial charge in [0.05, 0.1) is 18.7 Å². The van der Waals surface area contributed by atoms with E-state index in [4.69, 9.17) is 4.42 Å². The highest BCUT2D eigenvalue weighted by Gasteiger charge is 2.60. The number of aryl methyl sites for hydroxylation is 2. The molecule has 0 radical (unpaired) electrons. The van der Waals surface area contributed by atoms with Crippen molar-refractivity contribution in [3.8, 4) is 0 Å². The minimum Gasteiger partial charge on any atom is -0.467 e. The van der Waals surface area contributed by atoms with Crippen LogP contribution in [-0.4, -0.2) is 5.91 Å². The van der Waals surface area contributed by atoms with Crippen LogP contribution in [0, 0.1) is 19.8 Å². The SMILES string of the molecule is Cc1cccc(C2(c3cccc(C)c3)C[C@H]2C(=O)NCc2ccco2)c1. The molecule has 1 N–H and O–H groups in total. The zero-order valence-corrected chi connectivity index (χ0v) is 15.2. The number of carbonyl (C=O) groups is 1. The minimum absolute atomic E-state index is 0.0546. The Hall–Kier alpha value is -2.81. The summed E-state index contributed by atoms with van der Waals surface area (Å²) in [7, 11) is 0. The summed E-state index contributed by atoms with van der Waals surface area (Å²) in [5.74, 6) is 0.807. The van der Waals surface area contributed by atoms with Gasteiger partial charge in [-0.2, -0.15) is 0 Å². The first-order chi connectivity index (χ1) is 12.6. The van der Waals surface area contributed by atoms with Crippen LogP contribution in [0.5, 0.6) is 0 Å². The molecule has 1 aliphatic rings. The van der Waals surface area contributed by atoms with Gasteiger partial charge < -0.3 is 9.73 Å². The summed E-state index contributed by atoms with van der Waals surface area (Å²) < 4.78 is 5.32. The fourth-order valence-corrected chi connectivity index (χ4v) is 3.94. The van der Waals surface area contributed by atoms with Gasteiger partial charge >= 0.3 is 0 Å². The molecule has 0 spiro atoms. The molecule has 3 aromatic rings. The van der Waals surface area contributed by atoms with Crippen LogP contribution in [0.4, 0.5) is 0 Å². The van der Waals surface area contributed by atoms with Gasteiger partial charge in [0.15, 0.2) is 0 Å². The molecule has 1 atom stereocenters. The van der Waals surface area contributed by atoms with Crippen LogP contribution in [0.25, 0.3) is 0 Å². The van der Waals surface area contributed by atoms with E-state index in [0.29, 0.717) is 6.54 Å². The summed E-state index contributed by atoms with van der Waals surface area (Å²) in [6.07, 6.45) is 2.46. The lowest BCUT2D eigenvalue weighted by molar-refractivity contribution is -0.122. The second-order valence-corrected chi connectivity index (χ2v) is 7.26. The number of rotatable bonds is 5. The molecule has 4 rings (SSSR count). The van der Waals surface area contributed by atoms with E-state index in [1.165, 1.54) is 22.3 Å². The van der Waals surface area contributed by atoms with Crippen molar-refractivity contribution in [1.82, 2.24) is 5.32 Å². The van der Waals surface area contributed by atoms with Gasteiger partial charge in [-0.3, -0.25) is 4.79 Å². The fourth-order valence-electron chi connectivity index (χ4n) is 3.94. The topological polar surface area (TPSA) is 42.2 Å². The van der Waals surface area contributed by atoms with E-state index in [0.717, 1.165) is 12.2 Å². The number of hydrogen-bond donors (Lipinski definition) is 1. The van der Waals surface area contributed by atoms with Gasteiger partial charge in [0.2, 0.25) is 5.91 Å². The second kappa shape index (κ2) is 6.49. The number of furan rings is 1. The van der Waals surface area contributed by atoms with Crippen molar-refractivity contribution in [1.29, 1.82) is 0 Å². The van der Waals surface area contributed by atoms with Crippen LogP contribution >= 0.6 is 0 Å². The molecule has 1 fully saturated rings. The molecule has 1 saturated carbocycles. The lowest BCUT2D eigenvalue weighted by Gasteiger charge is -2.20. The third-order valence-electron chi connectivity index (χ3n) is 5.36. The van der Waals surface area contributed by atoms with Gasteiger partial charge in [0, 0.05) is 5.41 Å². The van der Waals surface area contributed by atoms with E-state index < -0.39 is 0 Å². The Balaban J connectivity index is 1.64. The molecule has 1 amide bonds. The molecule has 3 heteroatoms. The highest BCUT2D eigenvalue weighted by atomic mass is 16.3. The molecule has 26 heavy (non-hydrogen) atoms. The Labute approximate surface area is 154 Å². The molecule has 132 valence electrons. The summed E-state index contributed by atoms with van der Waals surface area (Å²) in [6.45, 7) is 4.63. The average molecular weight is 345 g/mol. The van der Waals surface area contributed by atoms with E-state index in [2.05, 4.69) is 67.7 Å². The first kappa shape index (κ1) is 16.6. The third kappa shape index (κ3) is 2.94.